The highest BCUT2D eigenvalue weighted by Crippen LogP contribution is 2.24. The molecular formula is C18H22FN3OS. The van der Waals surface area contributed by atoms with Gasteiger partial charge in [0.25, 0.3) is 0 Å². The highest BCUT2D eigenvalue weighted by atomic mass is 32.1. The maximum absolute atomic E-state index is 13.2. The van der Waals surface area contributed by atoms with Gasteiger partial charge in [0.1, 0.15) is 5.82 Å². The Hall–Kier alpha value is -1.79. The summed E-state index contributed by atoms with van der Waals surface area (Å²) in [6.45, 7) is 4.09. The van der Waals surface area contributed by atoms with Crippen molar-refractivity contribution in [2.45, 2.75) is 38.6 Å². The molecule has 0 bridgehead atoms. The number of rotatable bonds is 6. The lowest BCUT2D eigenvalue weighted by atomic mass is 10.1. The molecule has 2 heterocycles. The second-order valence-corrected chi connectivity index (χ2v) is 7.24. The Labute approximate surface area is 145 Å². The molecule has 1 N–H and O–H groups in total. The molecule has 0 spiro atoms. The SMILES string of the molecule is CCCN1CCC[C@@H]1C(=O)Nc1ncc(Cc2cccc(F)c2)s1. The zero-order chi connectivity index (χ0) is 16.9. The molecule has 4 nitrogen and oxygen atoms in total. The molecule has 1 fully saturated rings. The number of thiazole rings is 1. The van der Waals surface area contributed by atoms with E-state index < -0.39 is 0 Å². The van der Waals surface area contributed by atoms with Gasteiger partial charge in [-0.25, -0.2) is 9.37 Å². The van der Waals surface area contributed by atoms with Crippen LogP contribution < -0.4 is 5.32 Å². The van der Waals surface area contributed by atoms with Crippen molar-refractivity contribution in [3.63, 3.8) is 0 Å². The first-order chi connectivity index (χ1) is 11.7. The lowest BCUT2D eigenvalue weighted by Crippen LogP contribution is -2.39. The number of hydrogen-bond acceptors (Lipinski definition) is 4. The third kappa shape index (κ3) is 4.19. The minimum Gasteiger partial charge on any atom is -0.301 e. The molecule has 1 saturated heterocycles. The first-order valence-corrected chi connectivity index (χ1v) is 9.21. The Bertz CT molecular complexity index is 703. The van der Waals surface area contributed by atoms with Crippen LogP contribution >= 0.6 is 11.3 Å². The van der Waals surface area contributed by atoms with Gasteiger partial charge < -0.3 is 5.32 Å². The van der Waals surface area contributed by atoms with Crippen molar-refractivity contribution in [2.24, 2.45) is 0 Å². The molecule has 0 radical (unpaired) electrons. The maximum Gasteiger partial charge on any atom is 0.243 e. The van der Waals surface area contributed by atoms with Crippen LogP contribution in [0.1, 0.15) is 36.6 Å². The average Bonchev–Trinajstić information content (AvgIpc) is 3.17. The first kappa shape index (κ1) is 17.0. The Morgan fingerprint density at radius 1 is 1.50 bits per heavy atom. The van der Waals surface area contributed by atoms with Crippen LogP contribution in [0.5, 0.6) is 0 Å². The number of benzene rings is 1. The number of amides is 1. The fourth-order valence-corrected chi connectivity index (χ4v) is 4.01. The number of hydrogen-bond donors (Lipinski definition) is 1. The van der Waals surface area contributed by atoms with E-state index in [-0.39, 0.29) is 17.8 Å². The van der Waals surface area contributed by atoms with Gasteiger partial charge in [0.05, 0.1) is 6.04 Å². The van der Waals surface area contributed by atoms with Gasteiger partial charge in [0.15, 0.2) is 5.13 Å². The van der Waals surface area contributed by atoms with Gasteiger partial charge in [-0.2, -0.15) is 0 Å². The van der Waals surface area contributed by atoms with E-state index in [2.05, 4.69) is 22.1 Å². The number of nitrogens with one attached hydrogen (secondary N) is 1. The monoisotopic (exact) mass is 347 g/mol. The molecule has 1 aliphatic rings. The summed E-state index contributed by atoms with van der Waals surface area (Å²) in [4.78, 5) is 20.0. The minimum atomic E-state index is -0.234. The number of anilines is 1. The van der Waals surface area contributed by atoms with Gasteiger partial charge in [-0.05, 0) is 50.0 Å². The molecule has 0 saturated carbocycles. The van der Waals surface area contributed by atoms with Crippen LogP contribution in [-0.2, 0) is 11.2 Å². The molecule has 6 heteroatoms. The summed E-state index contributed by atoms with van der Waals surface area (Å²) in [6, 6.07) is 6.52. The van der Waals surface area contributed by atoms with Gasteiger partial charge in [-0.1, -0.05) is 19.1 Å². The summed E-state index contributed by atoms with van der Waals surface area (Å²) >= 11 is 1.45. The van der Waals surface area contributed by atoms with Crippen molar-refractivity contribution in [2.75, 3.05) is 18.4 Å². The summed E-state index contributed by atoms with van der Waals surface area (Å²) in [5.74, 6) is -0.199. The zero-order valence-corrected chi connectivity index (χ0v) is 14.6. The third-order valence-electron chi connectivity index (χ3n) is 4.23. The second kappa shape index (κ2) is 7.85. The van der Waals surface area contributed by atoms with Crippen LogP contribution in [0.2, 0.25) is 0 Å². The molecule has 1 atom stereocenters. The first-order valence-electron chi connectivity index (χ1n) is 8.39. The van der Waals surface area contributed by atoms with Crippen molar-refractivity contribution in [1.82, 2.24) is 9.88 Å². The Kier molecular flexibility index (Phi) is 5.58. The van der Waals surface area contributed by atoms with Crippen molar-refractivity contribution < 1.29 is 9.18 Å². The van der Waals surface area contributed by atoms with E-state index in [0.717, 1.165) is 42.8 Å². The van der Waals surface area contributed by atoms with Crippen molar-refractivity contribution in [3.8, 4) is 0 Å². The van der Waals surface area contributed by atoms with E-state index in [0.29, 0.717) is 11.6 Å². The molecule has 1 aromatic carbocycles. The Morgan fingerprint density at radius 3 is 3.17 bits per heavy atom. The van der Waals surface area contributed by atoms with Crippen molar-refractivity contribution >= 4 is 22.4 Å². The molecular weight excluding hydrogens is 325 g/mol. The summed E-state index contributed by atoms with van der Waals surface area (Å²) in [5.41, 5.74) is 0.904. The highest BCUT2D eigenvalue weighted by molar-refractivity contribution is 7.15. The molecule has 24 heavy (non-hydrogen) atoms. The second-order valence-electron chi connectivity index (χ2n) is 6.12. The summed E-state index contributed by atoms with van der Waals surface area (Å²) < 4.78 is 13.2. The van der Waals surface area contributed by atoms with Crippen LogP contribution in [0, 0.1) is 5.82 Å². The van der Waals surface area contributed by atoms with Crippen LogP contribution in [-0.4, -0.2) is 34.9 Å². The van der Waals surface area contributed by atoms with Gasteiger partial charge in [-0.15, -0.1) is 11.3 Å². The van der Waals surface area contributed by atoms with Crippen LogP contribution in [0.4, 0.5) is 9.52 Å². The molecule has 1 aromatic heterocycles. The predicted octanol–water partition coefficient (Wildman–Crippen LogP) is 3.69. The fraction of sp³-hybridized carbons (Fsp3) is 0.444. The number of carbonyl (C=O) groups excluding carboxylic acids is 1. The molecule has 3 rings (SSSR count). The van der Waals surface area contributed by atoms with E-state index in [4.69, 9.17) is 0 Å². The molecule has 1 aliphatic heterocycles. The quantitative estimate of drug-likeness (QED) is 0.867. The number of likely N-dealkylation sites (tertiary alicyclic amines) is 1. The lowest BCUT2D eigenvalue weighted by molar-refractivity contribution is -0.120. The highest BCUT2D eigenvalue weighted by Gasteiger charge is 2.30. The molecule has 128 valence electrons. The van der Waals surface area contributed by atoms with Crippen molar-refractivity contribution in [1.29, 1.82) is 0 Å². The zero-order valence-electron chi connectivity index (χ0n) is 13.8. The van der Waals surface area contributed by atoms with Gasteiger partial charge in [0.2, 0.25) is 5.91 Å². The van der Waals surface area contributed by atoms with E-state index in [1.165, 1.54) is 23.5 Å². The standard InChI is InChI=1S/C18H22FN3OS/c1-2-8-22-9-4-7-16(22)17(23)21-18-20-12-15(24-18)11-13-5-3-6-14(19)10-13/h3,5-6,10,12,16H,2,4,7-9,11H2,1H3,(H,20,21,23)/t16-/m1/s1. The van der Waals surface area contributed by atoms with Gasteiger partial charge >= 0.3 is 0 Å². The lowest BCUT2D eigenvalue weighted by Gasteiger charge is -2.22. The predicted molar refractivity (Wildman–Crippen MR) is 94.8 cm³/mol. The normalized spacial score (nSPS) is 18.0. The third-order valence-corrected chi connectivity index (χ3v) is 5.14. The van der Waals surface area contributed by atoms with E-state index in [1.807, 2.05) is 6.07 Å². The average molecular weight is 347 g/mol. The number of carbonyl (C=O) groups is 1. The summed E-state index contributed by atoms with van der Waals surface area (Å²) in [7, 11) is 0. The Balaban J connectivity index is 1.60. The van der Waals surface area contributed by atoms with Crippen molar-refractivity contribution in [3.05, 3.63) is 46.7 Å². The molecule has 0 unspecified atom stereocenters. The largest absolute Gasteiger partial charge is 0.301 e. The van der Waals surface area contributed by atoms with E-state index >= 15 is 0 Å². The Morgan fingerprint density at radius 2 is 2.38 bits per heavy atom. The number of nitrogens with zero attached hydrogens (tertiary/aromatic N) is 2. The van der Waals surface area contributed by atoms with E-state index in [1.54, 1.807) is 12.3 Å². The topological polar surface area (TPSA) is 45.2 Å². The minimum absolute atomic E-state index is 0.0348. The molecule has 2 aromatic rings. The molecule has 0 aliphatic carbocycles. The van der Waals surface area contributed by atoms with Gasteiger partial charge in [-0.3, -0.25) is 9.69 Å². The summed E-state index contributed by atoms with van der Waals surface area (Å²) in [6.07, 6.45) is 5.41. The van der Waals surface area contributed by atoms with E-state index in [9.17, 15) is 9.18 Å². The number of halogens is 1. The van der Waals surface area contributed by atoms with Gasteiger partial charge in [0, 0.05) is 17.5 Å². The smallest absolute Gasteiger partial charge is 0.243 e. The van der Waals surface area contributed by atoms with Crippen LogP contribution in [0.25, 0.3) is 0 Å². The fourth-order valence-electron chi connectivity index (χ4n) is 3.16. The van der Waals surface area contributed by atoms with Crippen LogP contribution in [0.15, 0.2) is 30.5 Å². The van der Waals surface area contributed by atoms with Crippen LogP contribution in [0.3, 0.4) is 0 Å². The molecule has 1 amide bonds. The number of aromatic nitrogens is 1. The maximum atomic E-state index is 13.2. The summed E-state index contributed by atoms with van der Waals surface area (Å²) in [5, 5.41) is 3.56.